The van der Waals surface area contributed by atoms with Crippen molar-refractivity contribution in [3.63, 3.8) is 0 Å². The number of thiazole rings is 1. The second-order valence-electron chi connectivity index (χ2n) is 5.28. The second-order valence-corrected chi connectivity index (χ2v) is 8.11. The van der Waals surface area contributed by atoms with Gasteiger partial charge in [0.2, 0.25) is 0 Å². The molecule has 0 atom stereocenters. The maximum Gasteiger partial charge on any atom is 0.281 e. The molecule has 0 saturated carbocycles. The van der Waals surface area contributed by atoms with Crippen molar-refractivity contribution in [2.75, 3.05) is 11.3 Å². The Morgan fingerprint density at radius 2 is 2.17 bits per heavy atom. The predicted octanol–water partition coefficient (Wildman–Crippen LogP) is 2.92. The van der Waals surface area contributed by atoms with Crippen molar-refractivity contribution in [1.29, 1.82) is 0 Å². The summed E-state index contributed by atoms with van der Waals surface area (Å²) in [6.07, 6.45) is 2.59. The van der Waals surface area contributed by atoms with Crippen LogP contribution in [0.5, 0.6) is 0 Å². The largest absolute Gasteiger partial charge is 0.312 e. The van der Waals surface area contributed by atoms with Crippen LogP contribution in [0.4, 0.5) is 5.69 Å². The molecule has 3 aromatic rings. The van der Waals surface area contributed by atoms with Crippen LogP contribution in [0.15, 0.2) is 34.8 Å². The summed E-state index contributed by atoms with van der Waals surface area (Å²) in [6, 6.07) is 5.60. The van der Waals surface area contributed by atoms with Crippen LogP contribution in [0, 0.1) is 0 Å². The van der Waals surface area contributed by atoms with Crippen LogP contribution < -0.4 is 10.0 Å². The van der Waals surface area contributed by atoms with Crippen LogP contribution >= 0.6 is 35.3 Å². The van der Waals surface area contributed by atoms with Gasteiger partial charge in [0.25, 0.3) is 10.0 Å². The molecule has 0 spiro atoms. The van der Waals surface area contributed by atoms with Gasteiger partial charge in [-0.15, -0.1) is 23.7 Å². The lowest BCUT2D eigenvalue weighted by molar-refractivity contribution is 0.596. The lowest BCUT2D eigenvalue weighted by Crippen LogP contribution is -2.24. The van der Waals surface area contributed by atoms with Crippen LogP contribution in [0.2, 0.25) is 5.15 Å². The smallest absolute Gasteiger partial charge is 0.281 e. The summed E-state index contributed by atoms with van der Waals surface area (Å²) >= 11 is 7.35. The van der Waals surface area contributed by atoms with Crippen molar-refractivity contribution in [1.82, 2.24) is 14.7 Å². The van der Waals surface area contributed by atoms with E-state index in [1.807, 2.05) is 12.1 Å². The minimum absolute atomic E-state index is 0. The molecule has 3 heterocycles. The molecule has 24 heavy (non-hydrogen) atoms. The van der Waals surface area contributed by atoms with E-state index < -0.39 is 10.0 Å². The Morgan fingerprint density at radius 3 is 3.00 bits per heavy atom. The third-order valence-corrected chi connectivity index (χ3v) is 6.31. The van der Waals surface area contributed by atoms with Crippen LogP contribution in [-0.4, -0.2) is 24.3 Å². The molecule has 0 saturated heterocycles. The third kappa shape index (κ3) is 3.00. The van der Waals surface area contributed by atoms with E-state index in [1.54, 1.807) is 17.6 Å². The molecule has 0 amide bonds. The number of hydrogen-bond acceptors (Lipinski definition) is 5. The number of imidazole rings is 1. The molecule has 0 aliphatic carbocycles. The van der Waals surface area contributed by atoms with Crippen molar-refractivity contribution in [2.45, 2.75) is 18.0 Å². The van der Waals surface area contributed by atoms with Crippen LogP contribution in [0.25, 0.3) is 4.96 Å². The van der Waals surface area contributed by atoms with Gasteiger partial charge in [-0.2, -0.15) is 8.42 Å². The highest BCUT2D eigenvalue weighted by Crippen LogP contribution is 2.28. The van der Waals surface area contributed by atoms with E-state index >= 15 is 0 Å². The molecule has 10 heteroatoms. The number of fused-ring (bicyclic) bond motifs is 2. The molecule has 2 N–H and O–H groups in total. The van der Waals surface area contributed by atoms with E-state index in [0.717, 1.165) is 25.1 Å². The summed E-state index contributed by atoms with van der Waals surface area (Å²) in [4.78, 5) is 4.62. The number of nitrogens with zero attached hydrogens (tertiary/aromatic N) is 2. The predicted molar refractivity (Wildman–Crippen MR) is 98.0 cm³/mol. The molecular formula is C14H14Cl2N4O2S2. The minimum atomic E-state index is -3.82. The highest BCUT2D eigenvalue weighted by atomic mass is 35.5. The Morgan fingerprint density at radius 1 is 1.33 bits per heavy atom. The number of halogens is 2. The van der Waals surface area contributed by atoms with Crippen molar-refractivity contribution >= 4 is 56.0 Å². The average molecular weight is 405 g/mol. The fourth-order valence-electron chi connectivity index (χ4n) is 2.73. The van der Waals surface area contributed by atoms with Gasteiger partial charge in [-0.1, -0.05) is 17.7 Å². The number of anilines is 1. The van der Waals surface area contributed by atoms with Crippen LogP contribution in [0.1, 0.15) is 11.1 Å². The Kier molecular flexibility index (Phi) is 4.76. The zero-order valence-electron chi connectivity index (χ0n) is 12.3. The summed E-state index contributed by atoms with van der Waals surface area (Å²) in [7, 11) is -3.82. The molecule has 1 aromatic carbocycles. The van der Waals surface area contributed by atoms with Gasteiger partial charge >= 0.3 is 0 Å². The number of aromatic nitrogens is 2. The molecular weight excluding hydrogens is 391 g/mol. The quantitative estimate of drug-likeness (QED) is 0.703. The van der Waals surface area contributed by atoms with Gasteiger partial charge < -0.3 is 5.32 Å². The van der Waals surface area contributed by atoms with E-state index in [0.29, 0.717) is 10.6 Å². The van der Waals surface area contributed by atoms with E-state index in [2.05, 4.69) is 15.0 Å². The van der Waals surface area contributed by atoms with Crippen molar-refractivity contribution in [2.24, 2.45) is 0 Å². The van der Waals surface area contributed by atoms with Crippen LogP contribution in [0.3, 0.4) is 0 Å². The molecule has 0 radical (unpaired) electrons. The monoisotopic (exact) mass is 404 g/mol. The van der Waals surface area contributed by atoms with Gasteiger partial charge in [-0.05, 0) is 36.2 Å². The average Bonchev–Trinajstić information content (AvgIpc) is 3.06. The van der Waals surface area contributed by atoms with E-state index in [-0.39, 0.29) is 22.6 Å². The summed E-state index contributed by atoms with van der Waals surface area (Å²) in [6.45, 7) is 1.69. The standard InChI is InChI=1S/C14H13ClN4O2S2.ClH/c15-12-13(19-5-6-22-14(19)17-12)23(20,21)18-11-2-1-9-3-4-16-8-10(9)7-11;/h1-2,5-7,16,18H,3-4,8H2;1H. The first kappa shape index (κ1) is 17.5. The maximum atomic E-state index is 12.7. The van der Waals surface area contributed by atoms with E-state index in [9.17, 15) is 8.42 Å². The number of benzene rings is 1. The number of sulfonamides is 1. The Hall–Kier alpha value is -1.32. The van der Waals surface area contributed by atoms with Gasteiger partial charge in [0.05, 0.1) is 0 Å². The van der Waals surface area contributed by atoms with Gasteiger partial charge in [0, 0.05) is 23.8 Å². The van der Waals surface area contributed by atoms with Gasteiger partial charge in [0.1, 0.15) is 0 Å². The zero-order valence-corrected chi connectivity index (χ0v) is 15.5. The Balaban J connectivity index is 0.00000169. The highest BCUT2D eigenvalue weighted by Gasteiger charge is 2.25. The Labute approximate surface area is 154 Å². The topological polar surface area (TPSA) is 75.5 Å². The normalized spacial score (nSPS) is 14.2. The molecule has 0 bridgehead atoms. The highest BCUT2D eigenvalue weighted by molar-refractivity contribution is 7.92. The molecule has 0 unspecified atom stereocenters. The Bertz CT molecular complexity index is 998. The minimum Gasteiger partial charge on any atom is -0.312 e. The van der Waals surface area contributed by atoms with Crippen molar-refractivity contribution < 1.29 is 8.42 Å². The number of hydrogen-bond donors (Lipinski definition) is 2. The molecule has 128 valence electrons. The summed E-state index contributed by atoms with van der Waals surface area (Å²) in [5.74, 6) is 0. The SMILES string of the molecule is Cl.O=S(=O)(Nc1ccc2c(c1)CNCC2)c1c(Cl)nc2sccn12. The summed E-state index contributed by atoms with van der Waals surface area (Å²) < 4.78 is 29.5. The molecule has 1 aliphatic heterocycles. The first-order chi connectivity index (χ1) is 11.0. The molecule has 6 nitrogen and oxygen atoms in total. The van der Waals surface area contributed by atoms with Gasteiger partial charge in [-0.25, -0.2) is 4.98 Å². The maximum absolute atomic E-state index is 12.7. The first-order valence-electron chi connectivity index (χ1n) is 7.01. The van der Waals surface area contributed by atoms with Crippen molar-refractivity contribution in [3.8, 4) is 0 Å². The number of nitrogens with one attached hydrogen (secondary N) is 2. The van der Waals surface area contributed by atoms with Gasteiger partial charge in [0.15, 0.2) is 15.1 Å². The first-order valence-corrected chi connectivity index (χ1v) is 9.75. The molecule has 4 rings (SSSR count). The lowest BCUT2D eigenvalue weighted by atomic mass is 10.0. The number of rotatable bonds is 3. The van der Waals surface area contributed by atoms with Crippen molar-refractivity contribution in [3.05, 3.63) is 46.1 Å². The van der Waals surface area contributed by atoms with Gasteiger partial charge in [-0.3, -0.25) is 9.12 Å². The zero-order chi connectivity index (χ0) is 16.0. The molecule has 0 fully saturated rings. The summed E-state index contributed by atoms with van der Waals surface area (Å²) in [5.41, 5.74) is 2.87. The lowest BCUT2D eigenvalue weighted by Gasteiger charge is -2.18. The van der Waals surface area contributed by atoms with E-state index in [1.165, 1.54) is 21.3 Å². The fourth-order valence-corrected chi connectivity index (χ4v) is 5.23. The second kappa shape index (κ2) is 6.53. The third-order valence-electron chi connectivity index (χ3n) is 3.78. The molecule has 1 aliphatic rings. The molecule has 2 aromatic heterocycles. The van der Waals surface area contributed by atoms with Crippen LogP contribution in [-0.2, 0) is 23.0 Å². The summed E-state index contributed by atoms with van der Waals surface area (Å²) in [5, 5.41) is 4.98. The van der Waals surface area contributed by atoms with E-state index in [4.69, 9.17) is 11.6 Å². The fraction of sp³-hybridized carbons (Fsp3) is 0.214.